The van der Waals surface area contributed by atoms with E-state index in [2.05, 4.69) is 51.9 Å². The first kappa shape index (κ1) is 15.1. The van der Waals surface area contributed by atoms with E-state index in [-0.39, 0.29) is 0 Å². The number of aromatic nitrogens is 2. The molecule has 2 N–H and O–H groups in total. The Morgan fingerprint density at radius 1 is 1.19 bits per heavy atom. The number of aliphatic imine (C=N–C) groups is 1. The highest BCUT2D eigenvalue weighted by molar-refractivity contribution is 5.79. The number of hydrogen-bond donors (Lipinski definition) is 2. The first-order chi connectivity index (χ1) is 10.3. The summed E-state index contributed by atoms with van der Waals surface area (Å²) in [5.41, 5.74) is 2.42. The topological polar surface area (TPSA) is 54.2 Å². The summed E-state index contributed by atoms with van der Waals surface area (Å²) in [6.45, 7) is 4.40. The SMILES string of the molecule is CCNC(=NCc1ccnn1C)NCCc1ccccc1. The van der Waals surface area contributed by atoms with Gasteiger partial charge in [-0.15, -0.1) is 0 Å². The van der Waals surface area contributed by atoms with Crippen LogP contribution in [0.4, 0.5) is 0 Å². The van der Waals surface area contributed by atoms with Gasteiger partial charge >= 0.3 is 0 Å². The third-order valence-corrected chi connectivity index (χ3v) is 3.21. The van der Waals surface area contributed by atoms with Gasteiger partial charge in [-0.3, -0.25) is 4.68 Å². The molecule has 1 aromatic heterocycles. The van der Waals surface area contributed by atoms with Gasteiger partial charge in [-0.1, -0.05) is 30.3 Å². The van der Waals surface area contributed by atoms with Gasteiger partial charge in [-0.05, 0) is 25.0 Å². The van der Waals surface area contributed by atoms with E-state index in [0.29, 0.717) is 6.54 Å². The molecule has 5 heteroatoms. The second kappa shape index (κ2) is 8.09. The molecule has 0 saturated heterocycles. The predicted molar refractivity (Wildman–Crippen MR) is 86.2 cm³/mol. The van der Waals surface area contributed by atoms with E-state index in [1.165, 1.54) is 5.56 Å². The van der Waals surface area contributed by atoms with Crippen LogP contribution < -0.4 is 10.6 Å². The van der Waals surface area contributed by atoms with Gasteiger partial charge in [-0.25, -0.2) is 4.99 Å². The highest BCUT2D eigenvalue weighted by Crippen LogP contribution is 1.99. The standard InChI is InChI=1S/C16H23N5/c1-3-17-16(19-13-15-10-12-20-21(15)2)18-11-9-14-7-5-4-6-8-14/h4-8,10,12H,3,9,11,13H2,1-2H3,(H2,17,18,19). The van der Waals surface area contributed by atoms with Crippen molar-refractivity contribution in [3.05, 3.63) is 53.9 Å². The number of hydrogen-bond acceptors (Lipinski definition) is 2. The quantitative estimate of drug-likeness (QED) is 0.627. The van der Waals surface area contributed by atoms with Gasteiger partial charge < -0.3 is 10.6 Å². The molecule has 0 radical (unpaired) electrons. The van der Waals surface area contributed by atoms with E-state index in [1.54, 1.807) is 6.20 Å². The minimum Gasteiger partial charge on any atom is -0.357 e. The van der Waals surface area contributed by atoms with Gasteiger partial charge in [0.1, 0.15) is 0 Å². The number of rotatable bonds is 6. The van der Waals surface area contributed by atoms with Crippen molar-refractivity contribution in [1.29, 1.82) is 0 Å². The summed E-state index contributed by atoms with van der Waals surface area (Å²) in [5, 5.41) is 10.8. The monoisotopic (exact) mass is 285 g/mol. The molecule has 0 spiro atoms. The summed E-state index contributed by atoms with van der Waals surface area (Å²) in [6, 6.07) is 12.4. The lowest BCUT2D eigenvalue weighted by Crippen LogP contribution is -2.38. The van der Waals surface area contributed by atoms with Crippen LogP contribution in [0.25, 0.3) is 0 Å². The fraction of sp³-hybridized carbons (Fsp3) is 0.375. The fourth-order valence-electron chi connectivity index (χ4n) is 2.03. The van der Waals surface area contributed by atoms with Crippen molar-refractivity contribution >= 4 is 5.96 Å². The van der Waals surface area contributed by atoms with Crippen molar-refractivity contribution in [2.75, 3.05) is 13.1 Å². The van der Waals surface area contributed by atoms with Crippen LogP contribution in [0.5, 0.6) is 0 Å². The Balaban J connectivity index is 1.85. The Hall–Kier alpha value is -2.30. The maximum absolute atomic E-state index is 4.58. The Bertz CT molecular complexity index is 559. The molecule has 0 bridgehead atoms. The second-order valence-corrected chi connectivity index (χ2v) is 4.80. The summed E-state index contributed by atoms with van der Waals surface area (Å²) < 4.78 is 1.84. The van der Waals surface area contributed by atoms with E-state index in [9.17, 15) is 0 Å². The van der Waals surface area contributed by atoms with Crippen molar-refractivity contribution in [1.82, 2.24) is 20.4 Å². The van der Waals surface area contributed by atoms with Crippen LogP contribution in [-0.2, 0) is 20.0 Å². The van der Waals surface area contributed by atoms with Crippen LogP contribution in [0, 0.1) is 0 Å². The lowest BCUT2D eigenvalue weighted by atomic mass is 10.1. The fourth-order valence-corrected chi connectivity index (χ4v) is 2.03. The lowest BCUT2D eigenvalue weighted by molar-refractivity contribution is 0.707. The molecular formula is C16H23N5. The Morgan fingerprint density at radius 2 is 2.00 bits per heavy atom. The normalized spacial score (nSPS) is 11.4. The van der Waals surface area contributed by atoms with E-state index in [1.807, 2.05) is 23.9 Å². The van der Waals surface area contributed by atoms with Crippen LogP contribution in [0.2, 0.25) is 0 Å². The molecule has 0 aliphatic heterocycles. The van der Waals surface area contributed by atoms with Crippen LogP contribution in [0.3, 0.4) is 0 Å². The number of nitrogens with zero attached hydrogens (tertiary/aromatic N) is 3. The lowest BCUT2D eigenvalue weighted by Gasteiger charge is -2.11. The Kier molecular flexibility index (Phi) is 5.82. The maximum atomic E-state index is 4.58. The van der Waals surface area contributed by atoms with Crippen molar-refractivity contribution in [3.63, 3.8) is 0 Å². The van der Waals surface area contributed by atoms with Gasteiger partial charge in [0.25, 0.3) is 0 Å². The molecule has 0 saturated carbocycles. The minimum atomic E-state index is 0.622. The molecule has 0 fully saturated rings. The summed E-state index contributed by atoms with van der Waals surface area (Å²) in [4.78, 5) is 4.58. The molecular weight excluding hydrogens is 262 g/mol. The first-order valence-corrected chi connectivity index (χ1v) is 7.32. The molecule has 0 amide bonds. The summed E-state index contributed by atoms with van der Waals surface area (Å²) in [5.74, 6) is 0.842. The summed E-state index contributed by atoms with van der Waals surface area (Å²) in [7, 11) is 1.93. The highest BCUT2D eigenvalue weighted by Gasteiger charge is 2.00. The molecule has 1 heterocycles. The molecule has 2 aromatic rings. The molecule has 1 aromatic carbocycles. The molecule has 0 aliphatic carbocycles. The summed E-state index contributed by atoms with van der Waals surface area (Å²) >= 11 is 0. The van der Waals surface area contributed by atoms with Crippen molar-refractivity contribution in [2.24, 2.45) is 12.0 Å². The molecule has 0 atom stereocenters. The average Bonchev–Trinajstić information content (AvgIpc) is 2.91. The average molecular weight is 285 g/mol. The van der Waals surface area contributed by atoms with Crippen LogP contribution in [0.1, 0.15) is 18.2 Å². The predicted octanol–water partition coefficient (Wildman–Crippen LogP) is 1.72. The summed E-state index contributed by atoms with van der Waals surface area (Å²) in [6.07, 6.45) is 2.78. The molecule has 5 nitrogen and oxygen atoms in total. The molecule has 112 valence electrons. The van der Waals surface area contributed by atoms with Crippen LogP contribution in [-0.4, -0.2) is 28.8 Å². The van der Waals surface area contributed by atoms with E-state index >= 15 is 0 Å². The Morgan fingerprint density at radius 3 is 2.67 bits per heavy atom. The number of guanidine groups is 1. The zero-order chi connectivity index (χ0) is 14.9. The van der Waals surface area contributed by atoms with Crippen molar-refractivity contribution in [2.45, 2.75) is 19.9 Å². The van der Waals surface area contributed by atoms with Crippen LogP contribution >= 0.6 is 0 Å². The third kappa shape index (κ3) is 4.95. The number of nitrogens with one attached hydrogen (secondary N) is 2. The van der Waals surface area contributed by atoms with Gasteiger partial charge in [0.05, 0.1) is 12.2 Å². The molecule has 21 heavy (non-hydrogen) atoms. The minimum absolute atomic E-state index is 0.622. The number of aryl methyl sites for hydroxylation is 1. The zero-order valence-corrected chi connectivity index (χ0v) is 12.7. The molecule has 0 unspecified atom stereocenters. The van der Waals surface area contributed by atoms with Crippen LogP contribution in [0.15, 0.2) is 47.6 Å². The van der Waals surface area contributed by atoms with Crippen molar-refractivity contribution < 1.29 is 0 Å². The second-order valence-electron chi connectivity index (χ2n) is 4.80. The van der Waals surface area contributed by atoms with Gasteiger partial charge in [0.15, 0.2) is 5.96 Å². The largest absolute Gasteiger partial charge is 0.357 e. The third-order valence-electron chi connectivity index (χ3n) is 3.21. The van der Waals surface area contributed by atoms with E-state index in [0.717, 1.165) is 31.2 Å². The van der Waals surface area contributed by atoms with Crippen molar-refractivity contribution in [3.8, 4) is 0 Å². The first-order valence-electron chi connectivity index (χ1n) is 7.32. The van der Waals surface area contributed by atoms with E-state index in [4.69, 9.17) is 0 Å². The highest BCUT2D eigenvalue weighted by atomic mass is 15.3. The zero-order valence-electron chi connectivity index (χ0n) is 12.7. The van der Waals surface area contributed by atoms with Gasteiger partial charge in [0, 0.05) is 26.3 Å². The Labute approximate surface area is 126 Å². The number of benzene rings is 1. The van der Waals surface area contributed by atoms with Gasteiger partial charge in [0.2, 0.25) is 0 Å². The maximum Gasteiger partial charge on any atom is 0.191 e. The smallest absolute Gasteiger partial charge is 0.191 e. The molecule has 0 aliphatic rings. The molecule has 2 rings (SSSR count). The van der Waals surface area contributed by atoms with E-state index < -0.39 is 0 Å². The van der Waals surface area contributed by atoms with Gasteiger partial charge in [-0.2, -0.15) is 5.10 Å².